The molecule has 0 aromatic carbocycles. The van der Waals surface area contributed by atoms with Gasteiger partial charge >= 0.3 is 5.97 Å². The highest BCUT2D eigenvalue weighted by Gasteiger charge is 2.28. The highest BCUT2D eigenvalue weighted by atomic mass is 32.2. The molecule has 5 nitrogen and oxygen atoms in total. The molecule has 1 aliphatic rings. The van der Waals surface area contributed by atoms with E-state index in [4.69, 9.17) is 5.11 Å². The molecule has 1 saturated heterocycles. The average Bonchev–Trinajstić information content (AvgIpc) is 2.82. The number of nitrogens with zero attached hydrogens (tertiary/aromatic N) is 1. The van der Waals surface area contributed by atoms with Crippen molar-refractivity contribution in [3.8, 4) is 0 Å². The van der Waals surface area contributed by atoms with Crippen LogP contribution >= 0.6 is 0 Å². The van der Waals surface area contributed by atoms with Crippen LogP contribution in [0.4, 0.5) is 0 Å². The number of hydrogen-bond donors (Lipinski definition) is 1. The molecule has 1 amide bonds. The van der Waals surface area contributed by atoms with Crippen molar-refractivity contribution in [1.82, 2.24) is 4.90 Å². The van der Waals surface area contributed by atoms with Gasteiger partial charge in [-0.2, -0.15) is 0 Å². The normalized spacial score (nSPS) is 18.6. The molecule has 0 aromatic heterocycles. The molecular formula is C12H21NO4S. The quantitative estimate of drug-likeness (QED) is 0.752. The Kier molecular flexibility index (Phi) is 6.32. The highest BCUT2D eigenvalue weighted by Crippen LogP contribution is 2.12. The van der Waals surface area contributed by atoms with Crippen LogP contribution in [0.25, 0.3) is 0 Å². The van der Waals surface area contributed by atoms with Crippen LogP contribution in [0.5, 0.6) is 0 Å². The van der Waals surface area contributed by atoms with Crippen LogP contribution in [0, 0.1) is 0 Å². The Balaban J connectivity index is 2.49. The molecule has 1 N–H and O–H groups in total. The molecular weight excluding hydrogens is 254 g/mol. The van der Waals surface area contributed by atoms with Crippen molar-refractivity contribution in [1.29, 1.82) is 0 Å². The molecule has 0 aromatic rings. The number of carbonyl (C=O) groups excluding carboxylic acids is 1. The van der Waals surface area contributed by atoms with E-state index in [1.165, 1.54) is 0 Å². The fourth-order valence-corrected chi connectivity index (χ4v) is 3.32. The number of carboxylic acid groups (broad SMARTS) is 1. The van der Waals surface area contributed by atoms with E-state index in [9.17, 15) is 13.8 Å². The first-order valence-electron chi connectivity index (χ1n) is 6.44. The van der Waals surface area contributed by atoms with Gasteiger partial charge in [-0.25, -0.2) is 0 Å². The van der Waals surface area contributed by atoms with Crippen molar-refractivity contribution in [2.45, 2.75) is 44.3 Å². The summed E-state index contributed by atoms with van der Waals surface area (Å²) in [6.07, 6.45) is 3.93. The Morgan fingerprint density at radius 2 is 1.94 bits per heavy atom. The average molecular weight is 275 g/mol. The first-order chi connectivity index (χ1) is 8.56. The van der Waals surface area contributed by atoms with E-state index in [-0.39, 0.29) is 11.7 Å². The third-order valence-electron chi connectivity index (χ3n) is 3.14. The Morgan fingerprint density at radius 3 is 2.44 bits per heavy atom. The van der Waals surface area contributed by atoms with E-state index in [2.05, 4.69) is 0 Å². The number of unbranched alkanes of at least 4 members (excludes halogenated alkanes) is 1. The van der Waals surface area contributed by atoms with Gasteiger partial charge in [0.25, 0.3) is 0 Å². The van der Waals surface area contributed by atoms with Gasteiger partial charge in [-0.1, -0.05) is 19.8 Å². The zero-order chi connectivity index (χ0) is 13.5. The Hall–Kier alpha value is -0.910. The Bertz CT molecular complexity index is 326. The third kappa shape index (κ3) is 4.40. The number of aliphatic carboxylic acids is 1. The van der Waals surface area contributed by atoms with Gasteiger partial charge in [0, 0.05) is 23.9 Å². The van der Waals surface area contributed by atoms with Gasteiger partial charge in [0.2, 0.25) is 5.91 Å². The number of likely N-dealkylation sites (tertiary alicyclic amines) is 1. The zero-order valence-corrected chi connectivity index (χ0v) is 11.6. The molecule has 1 fully saturated rings. The van der Waals surface area contributed by atoms with Crippen LogP contribution in [-0.4, -0.2) is 50.2 Å². The van der Waals surface area contributed by atoms with Gasteiger partial charge in [-0.15, -0.1) is 0 Å². The molecule has 0 bridgehead atoms. The molecule has 0 saturated carbocycles. The van der Waals surface area contributed by atoms with Crippen molar-refractivity contribution in [3.05, 3.63) is 0 Å². The predicted molar refractivity (Wildman–Crippen MR) is 69.8 cm³/mol. The third-order valence-corrected chi connectivity index (χ3v) is 4.74. The van der Waals surface area contributed by atoms with Gasteiger partial charge < -0.3 is 10.0 Å². The van der Waals surface area contributed by atoms with Gasteiger partial charge in [-0.05, 0) is 19.3 Å². The molecule has 0 spiro atoms. The molecule has 1 heterocycles. The topological polar surface area (TPSA) is 74.7 Å². The lowest BCUT2D eigenvalue weighted by molar-refractivity contribution is -0.136. The molecule has 0 aliphatic carbocycles. The van der Waals surface area contributed by atoms with Crippen LogP contribution in [0.15, 0.2) is 0 Å². The lowest BCUT2D eigenvalue weighted by Gasteiger charge is -2.17. The standard InChI is InChI=1S/C12H21NO4S/c1-2-3-6-10(12(15)16)18(17)9-11(14)13-7-4-5-8-13/h10H,2-9H2,1H3,(H,15,16). The molecule has 2 atom stereocenters. The van der Waals surface area contributed by atoms with E-state index in [0.717, 1.165) is 25.7 Å². The number of hydrogen-bond acceptors (Lipinski definition) is 3. The number of carboxylic acids is 1. The van der Waals surface area contributed by atoms with Crippen LogP contribution in [0.3, 0.4) is 0 Å². The van der Waals surface area contributed by atoms with Gasteiger partial charge in [0.05, 0.1) is 0 Å². The summed E-state index contributed by atoms with van der Waals surface area (Å²) in [6.45, 7) is 3.38. The Labute approximate surface area is 110 Å². The summed E-state index contributed by atoms with van der Waals surface area (Å²) in [5.74, 6) is -1.38. The maximum atomic E-state index is 11.9. The number of amides is 1. The predicted octanol–water partition coefficient (Wildman–Crippen LogP) is 1.00. The summed E-state index contributed by atoms with van der Waals surface area (Å²) in [6, 6.07) is 0. The second-order valence-corrected chi connectivity index (χ2v) is 6.20. The van der Waals surface area contributed by atoms with Crippen LogP contribution < -0.4 is 0 Å². The molecule has 18 heavy (non-hydrogen) atoms. The highest BCUT2D eigenvalue weighted by molar-refractivity contribution is 7.87. The fraction of sp³-hybridized carbons (Fsp3) is 0.833. The lowest BCUT2D eigenvalue weighted by Crippen LogP contribution is -2.36. The minimum Gasteiger partial charge on any atom is -0.480 e. The first-order valence-corrected chi connectivity index (χ1v) is 7.82. The van der Waals surface area contributed by atoms with Crippen LogP contribution in [0.1, 0.15) is 39.0 Å². The minimum absolute atomic E-state index is 0.152. The first kappa shape index (κ1) is 15.1. The molecule has 6 heteroatoms. The molecule has 104 valence electrons. The summed E-state index contributed by atoms with van der Waals surface area (Å²) in [4.78, 5) is 24.5. The fourth-order valence-electron chi connectivity index (χ4n) is 2.04. The SMILES string of the molecule is CCCCC(C(=O)O)S(=O)CC(=O)N1CCCC1. The second kappa shape index (κ2) is 7.51. The van der Waals surface area contributed by atoms with Gasteiger partial charge in [-0.3, -0.25) is 13.8 Å². The van der Waals surface area contributed by atoms with Gasteiger partial charge in [0.1, 0.15) is 11.0 Å². The second-order valence-electron chi connectivity index (χ2n) is 4.58. The van der Waals surface area contributed by atoms with Crippen LogP contribution in [-0.2, 0) is 20.4 Å². The summed E-state index contributed by atoms with van der Waals surface area (Å²) in [7, 11) is -1.61. The van der Waals surface area contributed by atoms with E-state index in [0.29, 0.717) is 19.5 Å². The Morgan fingerprint density at radius 1 is 1.33 bits per heavy atom. The van der Waals surface area contributed by atoms with Gasteiger partial charge in [0.15, 0.2) is 0 Å². The van der Waals surface area contributed by atoms with Crippen molar-refractivity contribution in [3.63, 3.8) is 0 Å². The van der Waals surface area contributed by atoms with Crippen LogP contribution in [0.2, 0.25) is 0 Å². The number of rotatable bonds is 7. The van der Waals surface area contributed by atoms with E-state index in [1.54, 1.807) is 4.90 Å². The lowest BCUT2D eigenvalue weighted by atomic mass is 10.2. The molecule has 1 aliphatic heterocycles. The summed E-state index contributed by atoms with van der Waals surface area (Å²) in [5, 5.41) is 8.12. The van der Waals surface area contributed by atoms with Crippen molar-refractivity contribution >= 4 is 22.7 Å². The van der Waals surface area contributed by atoms with E-state index < -0.39 is 22.0 Å². The summed E-state index contributed by atoms with van der Waals surface area (Å²) >= 11 is 0. The molecule has 0 radical (unpaired) electrons. The van der Waals surface area contributed by atoms with E-state index in [1.807, 2.05) is 6.92 Å². The largest absolute Gasteiger partial charge is 0.480 e. The monoisotopic (exact) mass is 275 g/mol. The maximum absolute atomic E-state index is 11.9. The zero-order valence-electron chi connectivity index (χ0n) is 10.8. The molecule has 2 unspecified atom stereocenters. The smallest absolute Gasteiger partial charge is 0.319 e. The minimum atomic E-state index is -1.61. The summed E-state index contributed by atoms with van der Waals surface area (Å²) < 4.78 is 11.9. The summed E-state index contributed by atoms with van der Waals surface area (Å²) in [5.41, 5.74) is 0. The van der Waals surface area contributed by atoms with Crippen molar-refractivity contribution in [2.75, 3.05) is 18.8 Å². The molecule has 1 rings (SSSR count). The van der Waals surface area contributed by atoms with Crippen molar-refractivity contribution < 1.29 is 18.9 Å². The van der Waals surface area contributed by atoms with E-state index >= 15 is 0 Å². The number of carbonyl (C=O) groups is 2. The maximum Gasteiger partial charge on any atom is 0.319 e. The van der Waals surface area contributed by atoms with Crippen molar-refractivity contribution in [2.24, 2.45) is 0 Å².